The van der Waals surface area contributed by atoms with Gasteiger partial charge in [-0.3, -0.25) is 0 Å². The highest BCUT2D eigenvalue weighted by Crippen LogP contribution is 2.45. The van der Waals surface area contributed by atoms with Gasteiger partial charge in [-0.15, -0.1) is 0 Å². The van der Waals surface area contributed by atoms with Crippen LogP contribution in [0.3, 0.4) is 0 Å². The molecule has 0 saturated heterocycles. The molecule has 2 aromatic rings. The fourth-order valence-electron chi connectivity index (χ4n) is 7.99. The first-order valence-electron chi connectivity index (χ1n) is 17.0. The SMILES string of the molecule is CCc1cc(-c2ccc(C3CCC(C4CCC(C)CC4)CC3)cc2F)c(CC)c(CC)c1OCCC(CC)CC. The van der Waals surface area contributed by atoms with Crippen molar-refractivity contribution < 1.29 is 9.13 Å². The van der Waals surface area contributed by atoms with Crippen molar-refractivity contribution in [2.45, 2.75) is 137 Å². The van der Waals surface area contributed by atoms with E-state index in [-0.39, 0.29) is 5.82 Å². The number of rotatable bonds is 12. The Labute approximate surface area is 245 Å². The Hall–Kier alpha value is -1.83. The molecule has 2 heteroatoms. The second kappa shape index (κ2) is 14.9. The highest BCUT2D eigenvalue weighted by Gasteiger charge is 2.31. The molecule has 0 atom stereocenters. The summed E-state index contributed by atoms with van der Waals surface area (Å²) in [6, 6.07) is 8.43. The molecule has 40 heavy (non-hydrogen) atoms. The van der Waals surface area contributed by atoms with Crippen molar-refractivity contribution in [3.05, 3.63) is 52.3 Å². The third-order valence-electron chi connectivity index (χ3n) is 10.8. The van der Waals surface area contributed by atoms with Crippen molar-refractivity contribution in [1.29, 1.82) is 0 Å². The first-order chi connectivity index (χ1) is 19.4. The number of halogens is 1. The van der Waals surface area contributed by atoms with E-state index >= 15 is 4.39 Å². The van der Waals surface area contributed by atoms with Gasteiger partial charge in [-0.25, -0.2) is 4.39 Å². The maximum absolute atomic E-state index is 15.9. The van der Waals surface area contributed by atoms with Gasteiger partial charge in [-0.2, -0.15) is 0 Å². The molecule has 0 bridgehead atoms. The zero-order valence-corrected chi connectivity index (χ0v) is 26.6. The van der Waals surface area contributed by atoms with Crippen LogP contribution in [0.5, 0.6) is 5.75 Å². The van der Waals surface area contributed by atoms with Gasteiger partial charge in [0.15, 0.2) is 0 Å². The molecular weight excluding hydrogens is 491 g/mol. The minimum absolute atomic E-state index is 0.0536. The van der Waals surface area contributed by atoms with Crippen molar-refractivity contribution in [3.63, 3.8) is 0 Å². The predicted molar refractivity (Wildman–Crippen MR) is 170 cm³/mol. The summed E-state index contributed by atoms with van der Waals surface area (Å²) < 4.78 is 22.4. The Morgan fingerprint density at radius 1 is 0.750 bits per heavy atom. The first kappa shape index (κ1) is 31.1. The van der Waals surface area contributed by atoms with E-state index in [2.05, 4.69) is 59.7 Å². The van der Waals surface area contributed by atoms with Gasteiger partial charge in [0.25, 0.3) is 0 Å². The van der Waals surface area contributed by atoms with Crippen LogP contribution in [0.2, 0.25) is 0 Å². The molecule has 0 aromatic heterocycles. The monoisotopic (exact) mass is 548 g/mol. The van der Waals surface area contributed by atoms with Crippen molar-refractivity contribution in [2.24, 2.45) is 23.7 Å². The van der Waals surface area contributed by atoms with E-state index in [4.69, 9.17) is 4.74 Å². The van der Waals surface area contributed by atoms with E-state index in [1.54, 1.807) is 0 Å². The van der Waals surface area contributed by atoms with Gasteiger partial charge in [0.1, 0.15) is 11.6 Å². The third kappa shape index (κ3) is 7.14. The average Bonchev–Trinajstić information content (AvgIpc) is 2.99. The predicted octanol–water partition coefficient (Wildman–Crippen LogP) is 11.5. The summed E-state index contributed by atoms with van der Waals surface area (Å²) >= 11 is 0. The van der Waals surface area contributed by atoms with Crippen molar-refractivity contribution in [3.8, 4) is 16.9 Å². The normalized spacial score (nSPS) is 23.5. The zero-order chi connectivity index (χ0) is 28.6. The van der Waals surface area contributed by atoms with Gasteiger partial charge in [0, 0.05) is 5.56 Å². The molecule has 0 N–H and O–H groups in total. The number of hydrogen-bond acceptors (Lipinski definition) is 1. The van der Waals surface area contributed by atoms with Crippen molar-refractivity contribution >= 4 is 0 Å². The number of aryl methyl sites for hydroxylation is 1. The number of hydrogen-bond donors (Lipinski definition) is 0. The molecule has 0 heterocycles. The van der Waals surface area contributed by atoms with Gasteiger partial charge in [0.2, 0.25) is 0 Å². The zero-order valence-electron chi connectivity index (χ0n) is 26.6. The summed E-state index contributed by atoms with van der Waals surface area (Å²) in [4.78, 5) is 0. The lowest BCUT2D eigenvalue weighted by atomic mass is 9.68. The Balaban J connectivity index is 1.52. The van der Waals surface area contributed by atoms with Crippen LogP contribution >= 0.6 is 0 Å². The summed E-state index contributed by atoms with van der Waals surface area (Å²) in [5.41, 5.74) is 6.79. The molecule has 222 valence electrons. The minimum Gasteiger partial charge on any atom is -0.493 e. The quantitative estimate of drug-likeness (QED) is 0.256. The lowest BCUT2D eigenvalue weighted by molar-refractivity contribution is 0.165. The molecule has 0 spiro atoms. The Morgan fingerprint density at radius 3 is 1.93 bits per heavy atom. The fraction of sp³-hybridized carbons (Fsp3) is 0.684. The molecule has 0 aliphatic heterocycles. The molecule has 2 aliphatic carbocycles. The van der Waals surface area contributed by atoms with Crippen LogP contribution in [0.25, 0.3) is 11.1 Å². The molecule has 2 aromatic carbocycles. The minimum atomic E-state index is -0.0536. The highest BCUT2D eigenvalue weighted by molar-refractivity contribution is 5.73. The first-order valence-corrected chi connectivity index (χ1v) is 17.0. The van der Waals surface area contributed by atoms with E-state index in [9.17, 15) is 0 Å². The van der Waals surface area contributed by atoms with Crippen LogP contribution in [0.15, 0.2) is 24.3 Å². The smallest absolute Gasteiger partial charge is 0.131 e. The summed E-state index contributed by atoms with van der Waals surface area (Å²) in [7, 11) is 0. The van der Waals surface area contributed by atoms with Crippen LogP contribution in [0.4, 0.5) is 4.39 Å². The molecule has 2 aliphatic rings. The van der Waals surface area contributed by atoms with Crippen LogP contribution in [0.1, 0.15) is 140 Å². The van der Waals surface area contributed by atoms with Crippen molar-refractivity contribution in [1.82, 2.24) is 0 Å². The number of ether oxygens (including phenoxy) is 1. The summed E-state index contributed by atoms with van der Waals surface area (Å²) in [5, 5.41) is 0. The molecule has 1 nitrogen and oxygen atoms in total. The van der Waals surface area contributed by atoms with Gasteiger partial charge < -0.3 is 4.74 Å². The van der Waals surface area contributed by atoms with E-state index in [1.165, 1.54) is 86.5 Å². The second-order valence-electron chi connectivity index (χ2n) is 13.1. The molecular formula is C38H57FO. The van der Waals surface area contributed by atoms with Gasteiger partial charge in [-0.1, -0.05) is 79.4 Å². The Kier molecular flexibility index (Phi) is 11.6. The maximum atomic E-state index is 15.9. The molecule has 0 amide bonds. The van der Waals surface area contributed by atoms with E-state index in [0.717, 1.165) is 72.8 Å². The van der Waals surface area contributed by atoms with Crippen LogP contribution in [-0.2, 0) is 19.3 Å². The lowest BCUT2D eigenvalue weighted by Gasteiger charge is -2.37. The van der Waals surface area contributed by atoms with Crippen LogP contribution in [0, 0.1) is 29.5 Å². The molecule has 0 radical (unpaired) electrons. The van der Waals surface area contributed by atoms with Gasteiger partial charge >= 0.3 is 0 Å². The van der Waals surface area contributed by atoms with Gasteiger partial charge in [0.05, 0.1) is 6.61 Å². The summed E-state index contributed by atoms with van der Waals surface area (Å²) in [5.74, 6) is 5.01. The fourth-order valence-corrected chi connectivity index (χ4v) is 7.99. The molecule has 0 unspecified atom stereocenters. The Morgan fingerprint density at radius 2 is 1.38 bits per heavy atom. The molecule has 2 fully saturated rings. The van der Waals surface area contributed by atoms with Gasteiger partial charge in [-0.05, 0) is 134 Å². The highest BCUT2D eigenvalue weighted by atomic mass is 19.1. The van der Waals surface area contributed by atoms with Crippen LogP contribution in [-0.4, -0.2) is 6.61 Å². The standard InChI is InChI=1S/C38H57FO/c1-7-27(8-2)22-23-40-38-28(9-3)24-36(33(10-4)34(38)11-5)35-21-20-32(25-37(35)39)31-18-16-30(17-19-31)29-14-12-26(6)13-15-29/h20-21,24-27,29-31H,7-19,22-23H2,1-6H3. The molecule has 2 saturated carbocycles. The largest absolute Gasteiger partial charge is 0.493 e. The summed E-state index contributed by atoms with van der Waals surface area (Å²) in [6.07, 6.45) is 17.0. The van der Waals surface area contributed by atoms with E-state index < -0.39 is 0 Å². The van der Waals surface area contributed by atoms with E-state index in [0.29, 0.717) is 5.92 Å². The van der Waals surface area contributed by atoms with E-state index in [1.807, 2.05) is 6.07 Å². The third-order valence-corrected chi connectivity index (χ3v) is 10.8. The Bertz CT molecular complexity index is 1070. The number of benzene rings is 2. The second-order valence-corrected chi connectivity index (χ2v) is 13.1. The van der Waals surface area contributed by atoms with Crippen LogP contribution < -0.4 is 4.74 Å². The average molecular weight is 549 g/mol. The summed E-state index contributed by atoms with van der Waals surface area (Å²) in [6.45, 7) is 14.3. The van der Waals surface area contributed by atoms with Crippen molar-refractivity contribution in [2.75, 3.05) is 6.61 Å². The molecule has 4 rings (SSSR count). The lowest BCUT2D eigenvalue weighted by Crippen LogP contribution is -2.24. The topological polar surface area (TPSA) is 9.23 Å². The maximum Gasteiger partial charge on any atom is 0.131 e.